The summed E-state index contributed by atoms with van der Waals surface area (Å²) in [6.45, 7) is 0. The molecule has 0 atom stereocenters. The molecule has 0 N–H and O–H groups in total. The van der Waals surface area contributed by atoms with Gasteiger partial charge in [0.1, 0.15) is 5.69 Å². The lowest BCUT2D eigenvalue weighted by molar-refractivity contribution is 0.0957. The van der Waals surface area contributed by atoms with Crippen LogP contribution in [0.1, 0.15) is 29.8 Å². The van der Waals surface area contributed by atoms with Gasteiger partial charge >= 0.3 is 0 Å². The van der Waals surface area contributed by atoms with E-state index in [0.29, 0.717) is 18.0 Å². The van der Waals surface area contributed by atoms with E-state index in [1.54, 1.807) is 10.9 Å². The lowest BCUT2D eigenvalue weighted by atomic mass is 9.99. The summed E-state index contributed by atoms with van der Waals surface area (Å²) in [6.07, 6.45) is 8.74. The highest BCUT2D eigenvalue weighted by Crippen LogP contribution is 2.24. The van der Waals surface area contributed by atoms with E-state index in [1.165, 1.54) is 0 Å². The smallest absolute Gasteiger partial charge is 0.184 e. The van der Waals surface area contributed by atoms with Gasteiger partial charge in [0, 0.05) is 19.7 Å². The number of carbonyl (C=O) groups is 1. The highest BCUT2D eigenvalue weighted by molar-refractivity contribution is 9.10. The van der Waals surface area contributed by atoms with Crippen LogP contribution < -0.4 is 0 Å². The van der Waals surface area contributed by atoms with Crippen molar-refractivity contribution in [2.24, 2.45) is 13.0 Å². The van der Waals surface area contributed by atoms with Crippen LogP contribution in [0.5, 0.6) is 0 Å². The summed E-state index contributed by atoms with van der Waals surface area (Å²) in [6, 6.07) is 0. The first-order valence-corrected chi connectivity index (χ1v) is 5.83. The van der Waals surface area contributed by atoms with Crippen molar-refractivity contribution >= 4 is 21.7 Å². The highest BCUT2D eigenvalue weighted by Gasteiger charge is 2.20. The molecule has 0 fully saturated rings. The molecule has 2 rings (SSSR count). The second-order valence-electron chi connectivity index (χ2n) is 3.94. The number of aryl methyl sites for hydroxylation is 1. The Bertz CT molecular complexity index is 401. The zero-order chi connectivity index (χ0) is 10.8. The second kappa shape index (κ2) is 4.31. The van der Waals surface area contributed by atoms with Gasteiger partial charge < -0.3 is 0 Å². The van der Waals surface area contributed by atoms with Gasteiger partial charge in [-0.2, -0.15) is 5.10 Å². The van der Waals surface area contributed by atoms with Crippen LogP contribution in [0.2, 0.25) is 0 Å². The third-order valence-electron chi connectivity index (χ3n) is 2.63. The zero-order valence-corrected chi connectivity index (χ0v) is 10.2. The second-order valence-corrected chi connectivity index (χ2v) is 4.79. The molecule has 80 valence electrons. The van der Waals surface area contributed by atoms with E-state index in [-0.39, 0.29) is 5.78 Å². The van der Waals surface area contributed by atoms with E-state index in [1.807, 2.05) is 7.05 Å². The molecule has 0 unspecified atom stereocenters. The van der Waals surface area contributed by atoms with Crippen molar-refractivity contribution in [2.45, 2.75) is 19.3 Å². The molecule has 0 aliphatic heterocycles. The van der Waals surface area contributed by atoms with Crippen LogP contribution in [-0.4, -0.2) is 15.6 Å². The van der Waals surface area contributed by atoms with Gasteiger partial charge in [0.25, 0.3) is 0 Å². The fourth-order valence-corrected chi connectivity index (χ4v) is 2.44. The fourth-order valence-electron chi connectivity index (χ4n) is 1.85. The van der Waals surface area contributed by atoms with E-state index >= 15 is 0 Å². The summed E-state index contributed by atoms with van der Waals surface area (Å²) in [7, 11) is 1.82. The summed E-state index contributed by atoms with van der Waals surface area (Å²) in [5.41, 5.74) is 0.560. The SMILES string of the molecule is Cn1cc(Br)c(C(=O)CC2CC=CC2)n1. The standard InChI is InChI=1S/C11H13BrN2O/c1-14-7-9(12)11(13-14)10(15)6-8-4-2-3-5-8/h2-3,7-8H,4-6H2,1H3. The van der Waals surface area contributed by atoms with Gasteiger partial charge in [0.15, 0.2) is 5.78 Å². The topological polar surface area (TPSA) is 34.9 Å². The lowest BCUT2D eigenvalue weighted by Gasteiger charge is -2.05. The van der Waals surface area contributed by atoms with Crippen LogP contribution in [0.3, 0.4) is 0 Å². The predicted molar refractivity (Wildman–Crippen MR) is 61.7 cm³/mol. The molecular formula is C11H13BrN2O. The normalized spacial score (nSPS) is 16.1. The van der Waals surface area contributed by atoms with E-state index in [9.17, 15) is 4.79 Å². The molecule has 1 heterocycles. The van der Waals surface area contributed by atoms with E-state index in [4.69, 9.17) is 0 Å². The third kappa shape index (κ3) is 2.37. The molecule has 1 aliphatic rings. The molecule has 1 aliphatic carbocycles. The molecule has 1 aromatic heterocycles. The molecule has 0 radical (unpaired) electrons. The number of carbonyl (C=O) groups excluding carboxylic acids is 1. The van der Waals surface area contributed by atoms with Crippen LogP contribution in [0.25, 0.3) is 0 Å². The van der Waals surface area contributed by atoms with Crippen LogP contribution in [0, 0.1) is 5.92 Å². The van der Waals surface area contributed by atoms with Gasteiger partial charge in [-0.1, -0.05) is 12.2 Å². The van der Waals surface area contributed by atoms with Crippen LogP contribution in [0.4, 0.5) is 0 Å². The Balaban J connectivity index is 2.04. The Kier molecular flexibility index (Phi) is 3.05. The van der Waals surface area contributed by atoms with Gasteiger partial charge in [-0.25, -0.2) is 0 Å². The number of halogens is 1. The Morgan fingerprint density at radius 2 is 2.27 bits per heavy atom. The van der Waals surface area contributed by atoms with Gasteiger partial charge in [0.05, 0.1) is 4.47 Å². The molecular weight excluding hydrogens is 256 g/mol. The van der Waals surface area contributed by atoms with Gasteiger partial charge in [-0.3, -0.25) is 9.48 Å². The number of ketones is 1. The number of hydrogen-bond acceptors (Lipinski definition) is 2. The maximum Gasteiger partial charge on any atom is 0.184 e. The molecule has 0 amide bonds. The summed E-state index contributed by atoms with van der Waals surface area (Å²) in [5.74, 6) is 0.614. The summed E-state index contributed by atoms with van der Waals surface area (Å²) >= 11 is 3.35. The van der Waals surface area contributed by atoms with Crippen molar-refractivity contribution in [3.05, 3.63) is 28.5 Å². The van der Waals surface area contributed by atoms with Crippen molar-refractivity contribution in [3.8, 4) is 0 Å². The molecule has 1 aromatic rings. The lowest BCUT2D eigenvalue weighted by Crippen LogP contribution is -2.08. The molecule has 0 aromatic carbocycles. The molecule has 0 saturated heterocycles. The molecule has 0 saturated carbocycles. The van der Waals surface area contributed by atoms with Crippen LogP contribution in [0.15, 0.2) is 22.8 Å². The number of hydrogen-bond donors (Lipinski definition) is 0. The molecule has 4 heteroatoms. The maximum absolute atomic E-state index is 11.9. The van der Waals surface area contributed by atoms with Gasteiger partial charge in [-0.15, -0.1) is 0 Å². The van der Waals surface area contributed by atoms with Crippen LogP contribution >= 0.6 is 15.9 Å². The van der Waals surface area contributed by atoms with E-state index in [2.05, 4.69) is 33.2 Å². The van der Waals surface area contributed by atoms with Gasteiger partial charge in [0.2, 0.25) is 0 Å². The number of Topliss-reactive ketones (excluding diaryl/α,β-unsaturated/α-hetero) is 1. The number of allylic oxidation sites excluding steroid dienone is 2. The quantitative estimate of drug-likeness (QED) is 0.624. The first-order valence-electron chi connectivity index (χ1n) is 5.04. The summed E-state index contributed by atoms with van der Waals surface area (Å²) in [5, 5.41) is 4.15. The molecule has 0 bridgehead atoms. The predicted octanol–water partition coefficient (Wildman–Crippen LogP) is 2.72. The molecule has 3 nitrogen and oxygen atoms in total. The Hall–Kier alpha value is -0.900. The Morgan fingerprint density at radius 3 is 2.80 bits per heavy atom. The average Bonchev–Trinajstić information content (AvgIpc) is 2.75. The highest BCUT2D eigenvalue weighted by atomic mass is 79.9. The van der Waals surface area contributed by atoms with Gasteiger partial charge in [-0.05, 0) is 34.7 Å². The first-order chi connectivity index (χ1) is 7.16. The van der Waals surface area contributed by atoms with Crippen molar-refractivity contribution < 1.29 is 4.79 Å². The van der Waals surface area contributed by atoms with E-state index < -0.39 is 0 Å². The monoisotopic (exact) mass is 268 g/mol. The van der Waals surface area contributed by atoms with Crippen molar-refractivity contribution in [2.75, 3.05) is 0 Å². The van der Waals surface area contributed by atoms with Crippen LogP contribution in [-0.2, 0) is 7.05 Å². The first kappa shape index (κ1) is 10.6. The van der Waals surface area contributed by atoms with Crippen molar-refractivity contribution in [3.63, 3.8) is 0 Å². The number of nitrogens with zero attached hydrogens (tertiary/aromatic N) is 2. The van der Waals surface area contributed by atoms with E-state index in [0.717, 1.165) is 17.3 Å². The average molecular weight is 269 g/mol. The molecule has 0 spiro atoms. The zero-order valence-electron chi connectivity index (χ0n) is 8.61. The maximum atomic E-state index is 11.9. The minimum absolute atomic E-state index is 0.135. The third-order valence-corrected chi connectivity index (χ3v) is 3.21. The van der Waals surface area contributed by atoms with Crippen molar-refractivity contribution in [1.82, 2.24) is 9.78 Å². The minimum Gasteiger partial charge on any atom is -0.292 e. The largest absolute Gasteiger partial charge is 0.292 e. The number of aromatic nitrogens is 2. The Morgan fingerprint density at radius 1 is 1.60 bits per heavy atom. The summed E-state index contributed by atoms with van der Waals surface area (Å²) < 4.78 is 2.45. The number of rotatable bonds is 3. The summed E-state index contributed by atoms with van der Waals surface area (Å²) in [4.78, 5) is 11.9. The Labute approximate surface area is 97.3 Å². The van der Waals surface area contributed by atoms with Crippen molar-refractivity contribution in [1.29, 1.82) is 0 Å². The minimum atomic E-state index is 0.135. The molecule has 15 heavy (non-hydrogen) atoms. The fraction of sp³-hybridized carbons (Fsp3) is 0.455.